The SMILES string of the molecule is COc1ccc(OC2CCN(C3CCCC3)CC2)c(C(=O)NCCc2cscn2)c1. The standard InChI is InChI=1S/C23H31N3O3S/c1-28-20-6-7-22(21(14-20)23(27)24-11-8-17-15-30-16-25-17)29-19-9-12-26(13-10-19)18-4-2-3-5-18/h6-7,14-16,18-19H,2-5,8-13H2,1H3,(H,24,27). The number of thiazole rings is 1. The third-order valence-corrected chi connectivity index (χ3v) is 6.83. The summed E-state index contributed by atoms with van der Waals surface area (Å²) < 4.78 is 11.7. The van der Waals surface area contributed by atoms with E-state index in [9.17, 15) is 4.79 Å². The van der Waals surface area contributed by atoms with Gasteiger partial charge >= 0.3 is 0 Å². The van der Waals surface area contributed by atoms with Crippen LogP contribution in [0.2, 0.25) is 0 Å². The predicted octanol–water partition coefficient (Wildman–Crippen LogP) is 3.91. The number of hydrogen-bond donors (Lipinski definition) is 1. The van der Waals surface area contributed by atoms with Crippen LogP contribution < -0.4 is 14.8 Å². The van der Waals surface area contributed by atoms with Crippen molar-refractivity contribution >= 4 is 17.2 Å². The number of carbonyl (C=O) groups is 1. The van der Waals surface area contributed by atoms with Crippen molar-refractivity contribution in [3.8, 4) is 11.5 Å². The van der Waals surface area contributed by atoms with Crippen LogP contribution in [0.25, 0.3) is 0 Å². The van der Waals surface area contributed by atoms with Crippen LogP contribution in [-0.2, 0) is 6.42 Å². The average Bonchev–Trinajstić information content (AvgIpc) is 3.49. The fourth-order valence-electron chi connectivity index (χ4n) is 4.48. The first-order valence-electron chi connectivity index (χ1n) is 11.0. The van der Waals surface area contributed by atoms with Crippen molar-refractivity contribution < 1.29 is 14.3 Å². The van der Waals surface area contributed by atoms with Crippen molar-refractivity contribution in [2.24, 2.45) is 0 Å². The quantitative estimate of drug-likeness (QED) is 0.689. The smallest absolute Gasteiger partial charge is 0.255 e. The molecule has 0 bridgehead atoms. The Labute approximate surface area is 182 Å². The summed E-state index contributed by atoms with van der Waals surface area (Å²) in [4.78, 5) is 19.8. The van der Waals surface area contributed by atoms with Crippen LogP contribution in [0, 0.1) is 0 Å². The minimum absolute atomic E-state index is 0.137. The Bertz CT molecular complexity index is 813. The molecule has 6 nitrogen and oxygen atoms in total. The second-order valence-electron chi connectivity index (χ2n) is 8.14. The van der Waals surface area contributed by atoms with Crippen LogP contribution >= 0.6 is 11.3 Å². The molecule has 2 fully saturated rings. The van der Waals surface area contributed by atoms with E-state index in [0.29, 0.717) is 23.6 Å². The topological polar surface area (TPSA) is 63.7 Å². The number of ether oxygens (including phenoxy) is 2. The molecule has 1 aromatic carbocycles. The predicted molar refractivity (Wildman–Crippen MR) is 119 cm³/mol. The van der Waals surface area contributed by atoms with E-state index in [0.717, 1.165) is 44.1 Å². The van der Waals surface area contributed by atoms with Crippen LogP contribution in [0.15, 0.2) is 29.1 Å². The number of hydrogen-bond acceptors (Lipinski definition) is 6. The van der Waals surface area contributed by atoms with E-state index in [2.05, 4.69) is 15.2 Å². The molecule has 0 spiro atoms. The Morgan fingerprint density at radius 3 is 2.73 bits per heavy atom. The minimum Gasteiger partial charge on any atom is -0.497 e. The highest BCUT2D eigenvalue weighted by Crippen LogP contribution is 2.30. The number of amides is 1. The van der Waals surface area contributed by atoms with Gasteiger partial charge < -0.3 is 19.7 Å². The van der Waals surface area contributed by atoms with Gasteiger partial charge in [0.15, 0.2) is 0 Å². The number of likely N-dealkylation sites (tertiary alicyclic amines) is 1. The highest BCUT2D eigenvalue weighted by Gasteiger charge is 2.28. The molecule has 1 saturated carbocycles. The van der Waals surface area contributed by atoms with E-state index < -0.39 is 0 Å². The zero-order valence-corrected chi connectivity index (χ0v) is 18.5. The molecule has 162 valence electrons. The first-order valence-corrected chi connectivity index (χ1v) is 11.9. The molecule has 1 aliphatic heterocycles. The molecule has 4 rings (SSSR count). The van der Waals surface area contributed by atoms with Gasteiger partial charge in [0, 0.05) is 37.5 Å². The van der Waals surface area contributed by atoms with E-state index in [1.165, 1.54) is 25.7 Å². The zero-order chi connectivity index (χ0) is 20.8. The lowest BCUT2D eigenvalue weighted by Crippen LogP contribution is -2.43. The molecule has 0 unspecified atom stereocenters. The Morgan fingerprint density at radius 2 is 2.03 bits per heavy atom. The summed E-state index contributed by atoms with van der Waals surface area (Å²) in [5, 5.41) is 5.00. The summed E-state index contributed by atoms with van der Waals surface area (Å²) in [6.45, 7) is 2.71. The fraction of sp³-hybridized carbons (Fsp3) is 0.565. The van der Waals surface area contributed by atoms with Crippen molar-refractivity contribution in [3.63, 3.8) is 0 Å². The zero-order valence-electron chi connectivity index (χ0n) is 17.6. The monoisotopic (exact) mass is 429 g/mol. The van der Waals surface area contributed by atoms with E-state index >= 15 is 0 Å². The maximum atomic E-state index is 12.9. The Hall–Kier alpha value is -2.12. The molecule has 0 atom stereocenters. The number of rotatable bonds is 8. The summed E-state index contributed by atoms with van der Waals surface area (Å²) in [6.07, 6.45) is 8.31. The number of methoxy groups -OCH3 is 1. The van der Waals surface area contributed by atoms with Gasteiger partial charge in [-0.3, -0.25) is 4.79 Å². The molecule has 2 aromatic rings. The second kappa shape index (κ2) is 10.3. The molecule has 0 radical (unpaired) electrons. The first-order chi connectivity index (χ1) is 14.7. The molecular formula is C23H31N3O3S. The van der Waals surface area contributed by atoms with Gasteiger partial charge in [-0.1, -0.05) is 12.8 Å². The molecule has 1 amide bonds. The molecule has 30 heavy (non-hydrogen) atoms. The molecule has 1 aromatic heterocycles. The van der Waals surface area contributed by atoms with Crippen LogP contribution in [0.3, 0.4) is 0 Å². The van der Waals surface area contributed by atoms with Crippen molar-refractivity contribution in [2.75, 3.05) is 26.7 Å². The normalized spacial score (nSPS) is 18.4. The lowest BCUT2D eigenvalue weighted by Gasteiger charge is -2.36. The third-order valence-electron chi connectivity index (χ3n) is 6.19. The van der Waals surface area contributed by atoms with Gasteiger partial charge in [-0.15, -0.1) is 11.3 Å². The number of carbonyl (C=O) groups excluding carboxylic acids is 1. The maximum absolute atomic E-state index is 12.9. The van der Waals surface area contributed by atoms with Crippen molar-refractivity contribution in [1.82, 2.24) is 15.2 Å². The molecular weight excluding hydrogens is 398 g/mol. The average molecular weight is 430 g/mol. The van der Waals surface area contributed by atoms with E-state index in [1.807, 2.05) is 23.0 Å². The van der Waals surface area contributed by atoms with Crippen molar-refractivity contribution in [1.29, 1.82) is 0 Å². The van der Waals surface area contributed by atoms with Crippen LogP contribution in [0.1, 0.15) is 54.6 Å². The van der Waals surface area contributed by atoms with Crippen molar-refractivity contribution in [3.05, 3.63) is 40.3 Å². The highest BCUT2D eigenvalue weighted by atomic mass is 32.1. The third kappa shape index (κ3) is 5.32. The summed E-state index contributed by atoms with van der Waals surface area (Å²) >= 11 is 1.57. The molecule has 2 heterocycles. The number of aromatic nitrogens is 1. The second-order valence-corrected chi connectivity index (χ2v) is 8.86. The van der Waals surface area contributed by atoms with Gasteiger partial charge in [0.2, 0.25) is 0 Å². The van der Waals surface area contributed by atoms with Gasteiger partial charge in [-0.05, 0) is 43.9 Å². The summed E-state index contributed by atoms with van der Waals surface area (Å²) in [5.41, 5.74) is 3.34. The minimum atomic E-state index is -0.137. The number of nitrogens with zero attached hydrogens (tertiary/aromatic N) is 2. The van der Waals surface area contributed by atoms with E-state index in [4.69, 9.17) is 9.47 Å². The lowest BCUT2D eigenvalue weighted by molar-refractivity contribution is 0.0750. The van der Waals surface area contributed by atoms with Crippen LogP contribution in [-0.4, -0.2) is 54.7 Å². The van der Waals surface area contributed by atoms with Gasteiger partial charge in [-0.2, -0.15) is 0 Å². The molecule has 7 heteroatoms. The summed E-state index contributed by atoms with van der Waals surface area (Å²) in [7, 11) is 1.61. The number of nitrogens with one attached hydrogen (secondary N) is 1. The summed E-state index contributed by atoms with van der Waals surface area (Å²) in [5.74, 6) is 1.16. The Morgan fingerprint density at radius 1 is 1.23 bits per heavy atom. The maximum Gasteiger partial charge on any atom is 0.255 e. The van der Waals surface area contributed by atoms with Crippen molar-refractivity contribution in [2.45, 2.75) is 57.1 Å². The van der Waals surface area contributed by atoms with Gasteiger partial charge in [0.25, 0.3) is 5.91 Å². The largest absolute Gasteiger partial charge is 0.497 e. The number of benzene rings is 1. The van der Waals surface area contributed by atoms with Gasteiger partial charge in [-0.25, -0.2) is 4.98 Å². The number of piperidine rings is 1. The molecule has 1 N–H and O–H groups in total. The Kier molecular flexibility index (Phi) is 7.23. The molecule has 1 saturated heterocycles. The first kappa shape index (κ1) is 21.1. The van der Waals surface area contributed by atoms with E-state index in [-0.39, 0.29) is 12.0 Å². The molecule has 1 aliphatic carbocycles. The van der Waals surface area contributed by atoms with Gasteiger partial charge in [0.1, 0.15) is 17.6 Å². The van der Waals surface area contributed by atoms with E-state index in [1.54, 1.807) is 24.5 Å². The highest BCUT2D eigenvalue weighted by molar-refractivity contribution is 7.07. The van der Waals surface area contributed by atoms with Crippen LogP contribution in [0.4, 0.5) is 0 Å². The lowest BCUT2D eigenvalue weighted by atomic mass is 10.0. The fourth-order valence-corrected chi connectivity index (χ4v) is 5.08. The molecule has 2 aliphatic rings. The van der Waals surface area contributed by atoms with Crippen LogP contribution in [0.5, 0.6) is 11.5 Å². The van der Waals surface area contributed by atoms with Gasteiger partial charge in [0.05, 0.1) is 23.9 Å². The summed E-state index contributed by atoms with van der Waals surface area (Å²) in [6, 6.07) is 6.25. The Balaban J connectivity index is 1.35.